The highest BCUT2D eigenvalue weighted by molar-refractivity contribution is 5.94. The fraction of sp³-hybridized carbons (Fsp3) is 0.636. The lowest BCUT2D eigenvalue weighted by molar-refractivity contribution is -0.326. The van der Waals surface area contributed by atoms with E-state index in [1.807, 2.05) is 26.8 Å². The predicted octanol–water partition coefficient (Wildman–Crippen LogP) is 5.23. The van der Waals surface area contributed by atoms with E-state index >= 15 is 4.79 Å². The molecule has 41 heavy (non-hydrogen) atoms. The van der Waals surface area contributed by atoms with Gasteiger partial charge in [0.25, 0.3) is 0 Å². The maximum Gasteiger partial charge on any atom is 0.338 e. The first-order valence-corrected chi connectivity index (χ1v) is 14.7. The summed E-state index contributed by atoms with van der Waals surface area (Å²) in [6, 6.07) is 8.81. The van der Waals surface area contributed by atoms with Crippen LogP contribution in [-0.4, -0.2) is 54.2 Å². The molecule has 0 spiro atoms. The Morgan fingerprint density at radius 1 is 1.00 bits per heavy atom. The first-order valence-electron chi connectivity index (χ1n) is 14.7. The van der Waals surface area contributed by atoms with Crippen LogP contribution in [0.25, 0.3) is 0 Å². The molecule has 0 N–H and O–H groups in total. The molecule has 0 radical (unpaired) electrons. The van der Waals surface area contributed by atoms with Crippen LogP contribution >= 0.6 is 0 Å². The monoisotopic (exact) mass is 566 g/mol. The first kappa shape index (κ1) is 29.5. The van der Waals surface area contributed by atoms with E-state index in [0.717, 1.165) is 11.1 Å². The second-order valence-corrected chi connectivity index (χ2v) is 13.4. The number of esters is 3. The number of carbonyl (C=O) groups excluding carboxylic acids is 4. The second kappa shape index (κ2) is 10.4. The van der Waals surface area contributed by atoms with Gasteiger partial charge in [0, 0.05) is 19.3 Å². The average molecular weight is 567 g/mol. The molecule has 1 aromatic carbocycles. The average Bonchev–Trinajstić information content (AvgIpc) is 3.00. The van der Waals surface area contributed by atoms with Crippen LogP contribution in [0.3, 0.4) is 0 Å². The molecular weight excluding hydrogens is 524 g/mol. The van der Waals surface area contributed by atoms with Crippen molar-refractivity contribution < 1.29 is 38.1 Å². The van der Waals surface area contributed by atoms with Crippen molar-refractivity contribution in [2.24, 2.45) is 28.6 Å². The number of benzene rings is 1. The molecule has 0 amide bonds. The van der Waals surface area contributed by atoms with E-state index in [1.165, 1.54) is 13.8 Å². The minimum Gasteiger partial charge on any atom is -0.458 e. The van der Waals surface area contributed by atoms with Crippen molar-refractivity contribution in [3.05, 3.63) is 47.0 Å². The zero-order chi connectivity index (χ0) is 29.9. The molecule has 1 heterocycles. The third kappa shape index (κ3) is 4.72. The number of carbonyl (C=O) groups is 4. The molecule has 3 fully saturated rings. The Labute approximate surface area is 242 Å². The molecule has 8 heteroatoms. The summed E-state index contributed by atoms with van der Waals surface area (Å²) in [4.78, 5) is 53.9. The smallest absolute Gasteiger partial charge is 0.338 e. The van der Waals surface area contributed by atoms with E-state index in [-0.39, 0.29) is 24.2 Å². The summed E-state index contributed by atoms with van der Waals surface area (Å²) in [6.07, 6.45) is 0.151. The number of ether oxygens (including phenoxy) is 4. The summed E-state index contributed by atoms with van der Waals surface area (Å²) in [5.41, 5.74) is -0.593. The van der Waals surface area contributed by atoms with E-state index in [2.05, 4.69) is 13.8 Å². The van der Waals surface area contributed by atoms with Crippen LogP contribution in [0.1, 0.15) is 84.5 Å². The second-order valence-electron chi connectivity index (χ2n) is 13.4. The van der Waals surface area contributed by atoms with Crippen LogP contribution in [0, 0.1) is 28.6 Å². The summed E-state index contributed by atoms with van der Waals surface area (Å²) in [5.74, 6) is -2.85. The van der Waals surface area contributed by atoms with E-state index in [4.69, 9.17) is 18.9 Å². The minimum absolute atomic E-state index is 0.104. The third-order valence-electron chi connectivity index (χ3n) is 10.4. The minimum atomic E-state index is -1.17. The number of hydrogen-bond acceptors (Lipinski definition) is 8. The zero-order valence-corrected chi connectivity index (χ0v) is 25.2. The van der Waals surface area contributed by atoms with Crippen LogP contribution < -0.4 is 0 Å². The number of ketones is 1. The van der Waals surface area contributed by atoms with Crippen LogP contribution in [0.4, 0.5) is 0 Å². The Morgan fingerprint density at radius 2 is 1.68 bits per heavy atom. The molecule has 8 atom stereocenters. The van der Waals surface area contributed by atoms with Crippen molar-refractivity contribution in [3.8, 4) is 0 Å². The lowest BCUT2D eigenvalue weighted by Crippen LogP contribution is -2.76. The number of hydrogen-bond donors (Lipinski definition) is 0. The van der Waals surface area contributed by atoms with Gasteiger partial charge in [-0.2, -0.15) is 0 Å². The summed E-state index contributed by atoms with van der Waals surface area (Å²) in [7, 11) is 0. The predicted molar refractivity (Wildman–Crippen MR) is 150 cm³/mol. The number of rotatable bonds is 4. The van der Waals surface area contributed by atoms with Gasteiger partial charge in [0.15, 0.2) is 17.5 Å². The van der Waals surface area contributed by atoms with Crippen molar-refractivity contribution in [2.45, 2.75) is 98.1 Å². The molecule has 4 aliphatic rings. The first-order chi connectivity index (χ1) is 19.2. The SMILES string of the molecule is CC(=O)O[C@H]1C(=O)[C@@]2(C)[C@H]([C@H](OC(=O)c3ccccc3)[C@H]3CCC(C)=C1C(C)(C)C3)[C@]1(OC(C)=O)CO[C@@H]1C[C@@H]2C. The Bertz CT molecular complexity index is 1280. The van der Waals surface area contributed by atoms with Gasteiger partial charge in [-0.05, 0) is 67.6 Å². The lowest BCUT2D eigenvalue weighted by Gasteiger charge is -2.64. The highest BCUT2D eigenvalue weighted by Gasteiger charge is 2.73. The quantitative estimate of drug-likeness (QED) is 0.277. The largest absolute Gasteiger partial charge is 0.458 e. The number of allylic oxidation sites excluding steroid dienone is 1. The van der Waals surface area contributed by atoms with Gasteiger partial charge < -0.3 is 18.9 Å². The van der Waals surface area contributed by atoms with Crippen LogP contribution in [-0.2, 0) is 33.3 Å². The van der Waals surface area contributed by atoms with Crippen LogP contribution in [0.15, 0.2) is 41.5 Å². The highest BCUT2D eigenvalue weighted by atomic mass is 16.6. The van der Waals surface area contributed by atoms with Gasteiger partial charge in [-0.1, -0.05) is 51.5 Å². The Hall–Kier alpha value is -3.00. The molecule has 5 rings (SSSR count). The number of Topliss-reactive ketones (excluding diaryl/α,β-unsaturated/α-hetero) is 1. The molecule has 0 aromatic heterocycles. The summed E-state index contributed by atoms with van der Waals surface area (Å²) < 4.78 is 24.6. The van der Waals surface area contributed by atoms with Gasteiger partial charge in [0.05, 0.1) is 18.1 Å². The summed E-state index contributed by atoms with van der Waals surface area (Å²) in [5, 5.41) is 0. The van der Waals surface area contributed by atoms with Gasteiger partial charge in [-0.25, -0.2) is 4.79 Å². The fourth-order valence-electron chi connectivity index (χ4n) is 8.48. The standard InChI is InChI=1S/C33H42O8/c1-18-13-14-23-16-31(5,6)25(18)27(39-20(3)34)29(36)32(7)19(2)15-24-33(17-38-24,41-21(4)35)28(32)26(23)40-30(37)22-11-9-8-10-12-22/h8-12,19,23-24,26-28H,13-17H2,1-7H3/t19-,23-,24+,26+,27+,28-,32+,33-/m0/s1. The van der Waals surface area contributed by atoms with Crippen LogP contribution in [0.2, 0.25) is 0 Å². The molecule has 1 aromatic rings. The third-order valence-corrected chi connectivity index (χ3v) is 10.4. The van der Waals surface area contributed by atoms with Crippen LogP contribution in [0.5, 0.6) is 0 Å². The van der Waals surface area contributed by atoms with Gasteiger partial charge in [-0.15, -0.1) is 0 Å². The van der Waals surface area contributed by atoms with Gasteiger partial charge in [0.1, 0.15) is 12.2 Å². The Kier molecular flexibility index (Phi) is 7.46. The molecule has 0 unspecified atom stereocenters. The lowest BCUT2D eigenvalue weighted by atomic mass is 9.48. The topological polar surface area (TPSA) is 105 Å². The Morgan fingerprint density at radius 3 is 2.27 bits per heavy atom. The van der Waals surface area contributed by atoms with E-state index in [9.17, 15) is 14.4 Å². The molecular formula is C33H42O8. The van der Waals surface area contributed by atoms with E-state index in [0.29, 0.717) is 31.2 Å². The maximum atomic E-state index is 15.1. The summed E-state index contributed by atoms with van der Waals surface area (Å²) in [6.45, 7) is 12.8. The molecule has 2 bridgehead atoms. The molecule has 222 valence electrons. The van der Waals surface area contributed by atoms with Crippen molar-refractivity contribution in [1.82, 2.24) is 0 Å². The van der Waals surface area contributed by atoms with Gasteiger partial charge in [0.2, 0.25) is 0 Å². The van der Waals surface area contributed by atoms with Crippen molar-refractivity contribution >= 4 is 23.7 Å². The normalized spacial score (nSPS) is 37.7. The van der Waals surface area contributed by atoms with Crippen molar-refractivity contribution in [1.29, 1.82) is 0 Å². The molecule has 1 saturated heterocycles. The maximum absolute atomic E-state index is 15.1. The van der Waals surface area contributed by atoms with Gasteiger partial charge >= 0.3 is 17.9 Å². The van der Waals surface area contributed by atoms with Crippen molar-refractivity contribution in [3.63, 3.8) is 0 Å². The number of fused-ring (bicyclic) bond motifs is 6. The van der Waals surface area contributed by atoms with E-state index in [1.54, 1.807) is 24.3 Å². The Balaban J connectivity index is 1.77. The highest BCUT2D eigenvalue weighted by Crippen LogP contribution is 2.62. The molecule has 2 saturated carbocycles. The van der Waals surface area contributed by atoms with E-state index < -0.39 is 58.6 Å². The zero-order valence-electron chi connectivity index (χ0n) is 25.2. The molecule has 1 aliphatic heterocycles. The summed E-state index contributed by atoms with van der Waals surface area (Å²) >= 11 is 0. The molecule has 8 nitrogen and oxygen atoms in total. The van der Waals surface area contributed by atoms with Gasteiger partial charge in [-0.3, -0.25) is 14.4 Å². The van der Waals surface area contributed by atoms with Crippen molar-refractivity contribution in [2.75, 3.05) is 6.61 Å². The molecule has 3 aliphatic carbocycles. The fourth-order valence-corrected chi connectivity index (χ4v) is 8.48.